The number of benzene rings is 2. The highest BCUT2D eigenvalue weighted by atomic mass is 16.5. The number of hydroxylamine groups is 1. The van der Waals surface area contributed by atoms with Crippen LogP contribution in [0.3, 0.4) is 0 Å². The highest BCUT2D eigenvalue weighted by Gasteiger charge is 2.38. The predicted octanol–water partition coefficient (Wildman–Crippen LogP) is 4.14. The topological polar surface area (TPSA) is 35.3 Å². The highest BCUT2D eigenvalue weighted by Crippen LogP contribution is 2.38. The van der Waals surface area contributed by atoms with Crippen molar-refractivity contribution in [1.82, 2.24) is 0 Å². The zero-order valence-corrected chi connectivity index (χ0v) is 13.7. The molecule has 3 heteroatoms. The first kappa shape index (κ1) is 15.6. The van der Waals surface area contributed by atoms with Crippen LogP contribution in [0.5, 0.6) is 5.75 Å². The molecule has 0 radical (unpaired) electrons. The molecule has 0 N–H and O–H groups in total. The summed E-state index contributed by atoms with van der Waals surface area (Å²) in [6.45, 7) is 5.50. The highest BCUT2D eigenvalue weighted by molar-refractivity contribution is 5.56. The van der Waals surface area contributed by atoms with Gasteiger partial charge in [-0.25, -0.2) is 4.74 Å². The van der Waals surface area contributed by atoms with Crippen molar-refractivity contribution in [3.05, 3.63) is 70.9 Å². The zero-order valence-electron chi connectivity index (χ0n) is 13.7. The molecule has 1 heterocycles. The van der Waals surface area contributed by atoms with E-state index in [0.29, 0.717) is 19.1 Å². The summed E-state index contributed by atoms with van der Waals surface area (Å²) in [5, 5.41) is 11.6. The van der Waals surface area contributed by atoms with Crippen molar-refractivity contribution < 1.29 is 9.48 Å². The minimum Gasteiger partial charge on any atom is -0.624 e. The summed E-state index contributed by atoms with van der Waals surface area (Å²) in [4.78, 5) is 0. The Balaban J connectivity index is 1.77. The summed E-state index contributed by atoms with van der Waals surface area (Å²) in [5.41, 5.74) is 2.37. The molecule has 2 aromatic rings. The van der Waals surface area contributed by atoms with E-state index in [1.165, 1.54) is 5.56 Å². The molecule has 2 aromatic carbocycles. The van der Waals surface area contributed by atoms with Gasteiger partial charge in [0.1, 0.15) is 12.4 Å². The first-order valence-electron chi connectivity index (χ1n) is 8.12. The summed E-state index contributed by atoms with van der Waals surface area (Å²) in [6, 6.07) is 18.5. The van der Waals surface area contributed by atoms with Gasteiger partial charge in [0.2, 0.25) is 0 Å². The first-order chi connectivity index (χ1) is 11.1. The van der Waals surface area contributed by atoms with Crippen LogP contribution in [0.2, 0.25) is 0 Å². The van der Waals surface area contributed by atoms with Crippen molar-refractivity contribution in [2.75, 3.05) is 6.54 Å². The molecule has 23 heavy (non-hydrogen) atoms. The van der Waals surface area contributed by atoms with E-state index in [-0.39, 0.29) is 5.41 Å². The zero-order chi connectivity index (χ0) is 16.3. The Bertz CT molecular complexity index is 696. The van der Waals surface area contributed by atoms with E-state index < -0.39 is 0 Å². The average Bonchev–Trinajstić information content (AvgIpc) is 2.58. The van der Waals surface area contributed by atoms with Gasteiger partial charge in [0.05, 0.1) is 0 Å². The second-order valence-corrected chi connectivity index (χ2v) is 6.61. The van der Waals surface area contributed by atoms with Gasteiger partial charge in [-0.1, -0.05) is 56.3 Å². The van der Waals surface area contributed by atoms with Crippen LogP contribution in [0.15, 0.2) is 54.6 Å². The number of ether oxygens (including phenoxy) is 1. The van der Waals surface area contributed by atoms with Crippen LogP contribution in [0.1, 0.15) is 31.4 Å². The molecule has 2 atom stereocenters. The van der Waals surface area contributed by atoms with Crippen LogP contribution >= 0.6 is 0 Å². The largest absolute Gasteiger partial charge is 0.624 e. The lowest BCUT2D eigenvalue weighted by Crippen LogP contribution is -2.40. The predicted molar refractivity (Wildman–Crippen MR) is 92.9 cm³/mol. The van der Waals surface area contributed by atoms with Gasteiger partial charge in [0, 0.05) is 17.8 Å². The number of hydrogen-bond acceptors (Lipinski definition) is 2. The SMILES string of the molecule is C[C@H]1C[N+]([O-])=CC[C@@]1(C)c1cccc(OCc2ccccc2)c1. The Kier molecular flexibility index (Phi) is 4.37. The third kappa shape index (κ3) is 3.39. The van der Waals surface area contributed by atoms with E-state index in [0.717, 1.165) is 22.5 Å². The Hall–Kier alpha value is -2.29. The fraction of sp³-hybridized carbons (Fsp3) is 0.350. The Morgan fingerprint density at radius 3 is 2.70 bits per heavy atom. The monoisotopic (exact) mass is 309 g/mol. The van der Waals surface area contributed by atoms with E-state index >= 15 is 0 Å². The van der Waals surface area contributed by atoms with E-state index in [2.05, 4.69) is 38.1 Å². The van der Waals surface area contributed by atoms with Crippen LogP contribution in [0.4, 0.5) is 0 Å². The molecule has 120 valence electrons. The van der Waals surface area contributed by atoms with Gasteiger partial charge < -0.3 is 9.94 Å². The molecule has 0 spiro atoms. The van der Waals surface area contributed by atoms with Crippen molar-refractivity contribution in [2.24, 2.45) is 5.92 Å². The number of hydrogen-bond donors (Lipinski definition) is 0. The van der Waals surface area contributed by atoms with Crippen molar-refractivity contribution >= 4 is 6.21 Å². The summed E-state index contributed by atoms with van der Waals surface area (Å²) in [6.07, 6.45) is 2.53. The van der Waals surface area contributed by atoms with Crippen molar-refractivity contribution in [3.63, 3.8) is 0 Å². The van der Waals surface area contributed by atoms with Gasteiger partial charge in [0.25, 0.3) is 0 Å². The second-order valence-electron chi connectivity index (χ2n) is 6.61. The molecular formula is C20H23NO2. The summed E-state index contributed by atoms with van der Waals surface area (Å²) in [7, 11) is 0. The molecule has 3 rings (SSSR count). The molecule has 0 aromatic heterocycles. The van der Waals surface area contributed by atoms with E-state index in [9.17, 15) is 5.21 Å². The number of nitrogens with zero attached hydrogens (tertiary/aromatic N) is 1. The fourth-order valence-electron chi connectivity index (χ4n) is 3.12. The average molecular weight is 309 g/mol. The summed E-state index contributed by atoms with van der Waals surface area (Å²) < 4.78 is 7.00. The van der Waals surface area contributed by atoms with Crippen LogP contribution in [-0.4, -0.2) is 17.5 Å². The smallest absolute Gasteiger partial charge is 0.156 e. The van der Waals surface area contributed by atoms with Gasteiger partial charge >= 0.3 is 0 Å². The van der Waals surface area contributed by atoms with Gasteiger partial charge in [-0.05, 0) is 23.3 Å². The maximum absolute atomic E-state index is 11.6. The van der Waals surface area contributed by atoms with E-state index in [1.54, 1.807) is 6.21 Å². The minimum absolute atomic E-state index is 0.0208. The van der Waals surface area contributed by atoms with Crippen molar-refractivity contribution in [3.8, 4) is 5.75 Å². The van der Waals surface area contributed by atoms with E-state index in [4.69, 9.17) is 4.74 Å². The quantitative estimate of drug-likeness (QED) is 0.628. The molecular weight excluding hydrogens is 286 g/mol. The third-order valence-corrected chi connectivity index (χ3v) is 5.00. The molecule has 0 unspecified atom stereocenters. The molecule has 0 bridgehead atoms. The van der Waals surface area contributed by atoms with Gasteiger partial charge in [-0.2, -0.15) is 0 Å². The van der Waals surface area contributed by atoms with Gasteiger partial charge in [0.15, 0.2) is 12.8 Å². The van der Waals surface area contributed by atoms with Crippen LogP contribution in [-0.2, 0) is 12.0 Å². The molecule has 1 aliphatic heterocycles. The van der Waals surface area contributed by atoms with Crippen molar-refractivity contribution in [1.29, 1.82) is 0 Å². The molecule has 3 nitrogen and oxygen atoms in total. The van der Waals surface area contributed by atoms with Crippen molar-refractivity contribution in [2.45, 2.75) is 32.3 Å². The molecule has 0 saturated carbocycles. The Morgan fingerprint density at radius 1 is 1.17 bits per heavy atom. The molecule has 0 aliphatic carbocycles. The second kappa shape index (κ2) is 6.45. The first-order valence-corrected chi connectivity index (χ1v) is 8.12. The minimum atomic E-state index is -0.0208. The summed E-state index contributed by atoms with van der Waals surface area (Å²) >= 11 is 0. The molecule has 0 fully saturated rings. The Morgan fingerprint density at radius 2 is 1.96 bits per heavy atom. The lowest BCUT2D eigenvalue weighted by molar-refractivity contribution is -0.470. The van der Waals surface area contributed by atoms with Crippen LogP contribution in [0.25, 0.3) is 0 Å². The normalized spacial score (nSPS) is 24.1. The standard InChI is InChI=1S/C20H23NO2/c1-16-14-21(22)12-11-20(16,2)18-9-6-10-19(13-18)23-15-17-7-4-3-5-8-17/h3-10,12-13,16H,11,14-15H2,1-2H3/t16-,20+/m0/s1. The lowest BCUT2D eigenvalue weighted by Gasteiger charge is -2.36. The van der Waals surface area contributed by atoms with E-state index in [1.807, 2.05) is 30.3 Å². The summed E-state index contributed by atoms with van der Waals surface area (Å²) in [5.74, 6) is 1.18. The molecule has 1 aliphatic rings. The lowest BCUT2D eigenvalue weighted by atomic mass is 9.69. The molecule has 0 amide bonds. The van der Waals surface area contributed by atoms with Crippen LogP contribution < -0.4 is 4.74 Å². The third-order valence-electron chi connectivity index (χ3n) is 5.00. The Labute approximate surface area is 137 Å². The van der Waals surface area contributed by atoms with Crippen LogP contribution in [0, 0.1) is 11.1 Å². The van der Waals surface area contributed by atoms with Gasteiger partial charge in [-0.15, -0.1) is 0 Å². The molecule has 0 saturated heterocycles. The maximum atomic E-state index is 11.6. The number of rotatable bonds is 4. The fourth-order valence-corrected chi connectivity index (χ4v) is 3.12. The van der Waals surface area contributed by atoms with Gasteiger partial charge in [-0.3, -0.25) is 0 Å². The maximum Gasteiger partial charge on any atom is 0.156 e.